The van der Waals surface area contributed by atoms with Crippen LogP contribution in [0.15, 0.2) is 24.3 Å². The molecule has 1 N–H and O–H groups in total. The van der Waals surface area contributed by atoms with Crippen molar-refractivity contribution in [2.45, 2.75) is 13.0 Å². The quantitative estimate of drug-likeness (QED) is 0.821. The summed E-state index contributed by atoms with van der Waals surface area (Å²) in [5, 5.41) is 3.33. The number of rotatable bonds is 3. The molecule has 0 amide bonds. The van der Waals surface area contributed by atoms with E-state index in [0.717, 1.165) is 50.9 Å². The number of hydrogen-bond donors (Lipinski definition) is 1. The molecule has 2 saturated heterocycles. The van der Waals surface area contributed by atoms with Crippen LogP contribution < -0.4 is 10.2 Å². The molecule has 1 aromatic rings. The second-order valence-corrected chi connectivity index (χ2v) is 5.44. The molecular formula is C15H21N3O. The summed E-state index contributed by atoms with van der Waals surface area (Å²) in [7, 11) is 0. The number of piperazine rings is 1. The summed E-state index contributed by atoms with van der Waals surface area (Å²) in [5.41, 5.74) is 1.99. The van der Waals surface area contributed by atoms with Gasteiger partial charge in [0, 0.05) is 56.6 Å². The average molecular weight is 259 g/mol. The highest BCUT2D eigenvalue weighted by molar-refractivity contribution is 5.94. The fourth-order valence-corrected chi connectivity index (χ4v) is 2.80. The SMILES string of the molecule is CC(=O)c1cccc(N2CCN(C3CNC3)CC2)c1. The predicted molar refractivity (Wildman–Crippen MR) is 76.9 cm³/mol. The Morgan fingerprint density at radius 2 is 1.95 bits per heavy atom. The van der Waals surface area contributed by atoms with E-state index >= 15 is 0 Å². The van der Waals surface area contributed by atoms with Crippen molar-refractivity contribution in [3.63, 3.8) is 0 Å². The molecule has 0 aromatic heterocycles. The Morgan fingerprint density at radius 1 is 1.21 bits per heavy atom. The summed E-state index contributed by atoms with van der Waals surface area (Å²) in [4.78, 5) is 16.4. The van der Waals surface area contributed by atoms with Crippen LogP contribution in [0.25, 0.3) is 0 Å². The molecule has 0 bridgehead atoms. The van der Waals surface area contributed by atoms with Gasteiger partial charge in [-0.2, -0.15) is 0 Å². The zero-order valence-corrected chi connectivity index (χ0v) is 11.4. The van der Waals surface area contributed by atoms with Crippen LogP contribution in [-0.4, -0.2) is 56.0 Å². The molecule has 4 nitrogen and oxygen atoms in total. The second kappa shape index (κ2) is 5.31. The molecule has 2 aliphatic heterocycles. The Morgan fingerprint density at radius 3 is 2.53 bits per heavy atom. The number of nitrogens with one attached hydrogen (secondary N) is 1. The van der Waals surface area contributed by atoms with Gasteiger partial charge in [0.15, 0.2) is 5.78 Å². The van der Waals surface area contributed by atoms with E-state index in [-0.39, 0.29) is 5.78 Å². The molecule has 4 heteroatoms. The van der Waals surface area contributed by atoms with Gasteiger partial charge in [0.05, 0.1) is 0 Å². The number of carbonyl (C=O) groups is 1. The van der Waals surface area contributed by atoms with E-state index in [1.54, 1.807) is 6.92 Å². The first-order valence-electron chi connectivity index (χ1n) is 7.05. The fourth-order valence-electron chi connectivity index (χ4n) is 2.80. The van der Waals surface area contributed by atoms with Crippen LogP contribution >= 0.6 is 0 Å². The molecule has 19 heavy (non-hydrogen) atoms. The maximum absolute atomic E-state index is 11.4. The van der Waals surface area contributed by atoms with Gasteiger partial charge in [-0.3, -0.25) is 9.69 Å². The van der Waals surface area contributed by atoms with Crippen molar-refractivity contribution in [1.82, 2.24) is 10.2 Å². The maximum atomic E-state index is 11.4. The third-order valence-corrected chi connectivity index (χ3v) is 4.21. The summed E-state index contributed by atoms with van der Waals surface area (Å²) in [6, 6.07) is 8.73. The first-order valence-corrected chi connectivity index (χ1v) is 7.05. The Bertz CT molecular complexity index is 462. The second-order valence-electron chi connectivity index (χ2n) is 5.44. The van der Waals surface area contributed by atoms with E-state index in [1.807, 2.05) is 18.2 Å². The summed E-state index contributed by atoms with van der Waals surface area (Å²) in [6.07, 6.45) is 0. The first kappa shape index (κ1) is 12.6. The zero-order valence-electron chi connectivity index (χ0n) is 11.4. The Hall–Kier alpha value is -1.39. The van der Waals surface area contributed by atoms with Gasteiger partial charge in [-0.05, 0) is 19.1 Å². The van der Waals surface area contributed by atoms with Crippen LogP contribution in [0.1, 0.15) is 17.3 Å². The monoisotopic (exact) mass is 259 g/mol. The topological polar surface area (TPSA) is 35.6 Å². The van der Waals surface area contributed by atoms with Crippen molar-refractivity contribution in [1.29, 1.82) is 0 Å². The van der Waals surface area contributed by atoms with E-state index in [2.05, 4.69) is 21.2 Å². The number of nitrogens with zero attached hydrogens (tertiary/aromatic N) is 2. The smallest absolute Gasteiger partial charge is 0.159 e. The van der Waals surface area contributed by atoms with E-state index in [1.165, 1.54) is 5.69 Å². The standard InChI is InChI=1S/C15H21N3O/c1-12(19)13-3-2-4-14(9-13)17-5-7-18(8-6-17)15-10-16-11-15/h2-4,9,15-16H,5-8,10-11H2,1H3. The van der Waals surface area contributed by atoms with Gasteiger partial charge in [-0.1, -0.05) is 12.1 Å². The Balaban J connectivity index is 1.64. The number of anilines is 1. The van der Waals surface area contributed by atoms with Gasteiger partial charge >= 0.3 is 0 Å². The van der Waals surface area contributed by atoms with Crippen molar-refractivity contribution in [3.8, 4) is 0 Å². The molecule has 0 atom stereocenters. The lowest BCUT2D eigenvalue weighted by molar-refractivity contribution is 0.101. The number of ketones is 1. The predicted octanol–water partition coefficient (Wildman–Crippen LogP) is 0.983. The van der Waals surface area contributed by atoms with Crippen molar-refractivity contribution < 1.29 is 4.79 Å². The average Bonchev–Trinajstić information content (AvgIpc) is 2.38. The number of benzene rings is 1. The fraction of sp³-hybridized carbons (Fsp3) is 0.533. The Labute approximate surface area is 114 Å². The molecule has 2 aliphatic rings. The Kier molecular flexibility index (Phi) is 3.53. The molecule has 0 saturated carbocycles. The first-order chi connectivity index (χ1) is 9.24. The van der Waals surface area contributed by atoms with Gasteiger partial charge < -0.3 is 10.2 Å². The highest BCUT2D eigenvalue weighted by atomic mass is 16.1. The lowest BCUT2D eigenvalue weighted by Crippen LogP contribution is -2.61. The molecule has 2 heterocycles. The van der Waals surface area contributed by atoms with Crippen LogP contribution in [0.5, 0.6) is 0 Å². The van der Waals surface area contributed by atoms with E-state index in [0.29, 0.717) is 0 Å². The minimum absolute atomic E-state index is 0.140. The van der Waals surface area contributed by atoms with Crippen LogP contribution in [0, 0.1) is 0 Å². The molecule has 3 rings (SSSR count). The van der Waals surface area contributed by atoms with E-state index in [4.69, 9.17) is 0 Å². The van der Waals surface area contributed by atoms with Gasteiger partial charge in [-0.15, -0.1) is 0 Å². The number of carbonyl (C=O) groups excluding carboxylic acids is 1. The molecule has 102 valence electrons. The van der Waals surface area contributed by atoms with Crippen LogP contribution in [0.2, 0.25) is 0 Å². The number of Topliss-reactive ketones (excluding diaryl/α,β-unsaturated/α-hetero) is 1. The molecule has 2 fully saturated rings. The van der Waals surface area contributed by atoms with Gasteiger partial charge in [0.1, 0.15) is 0 Å². The van der Waals surface area contributed by atoms with Gasteiger partial charge in [0.25, 0.3) is 0 Å². The highest BCUT2D eigenvalue weighted by Gasteiger charge is 2.27. The molecule has 0 radical (unpaired) electrons. The summed E-state index contributed by atoms with van der Waals surface area (Å²) in [6.45, 7) is 8.25. The molecule has 0 aliphatic carbocycles. The van der Waals surface area contributed by atoms with Crippen molar-refractivity contribution in [3.05, 3.63) is 29.8 Å². The zero-order chi connectivity index (χ0) is 13.2. The lowest BCUT2D eigenvalue weighted by Gasteiger charge is -2.43. The highest BCUT2D eigenvalue weighted by Crippen LogP contribution is 2.19. The normalized spacial score (nSPS) is 21.2. The van der Waals surface area contributed by atoms with Crippen LogP contribution in [0.4, 0.5) is 5.69 Å². The van der Waals surface area contributed by atoms with Crippen molar-refractivity contribution in [2.75, 3.05) is 44.2 Å². The lowest BCUT2D eigenvalue weighted by atomic mass is 10.1. The van der Waals surface area contributed by atoms with E-state index in [9.17, 15) is 4.79 Å². The summed E-state index contributed by atoms with van der Waals surface area (Å²) >= 11 is 0. The summed E-state index contributed by atoms with van der Waals surface area (Å²) in [5.74, 6) is 0.140. The van der Waals surface area contributed by atoms with Crippen molar-refractivity contribution >= 4 is 11.5 Å². The number of hydrogen-bond acceptors (Lipinski definition) is 4. The van der Waals surface area contributed by atoms with Crippen LogP contribution in [0.3, 0.4) is 0 Å². The summed E-state index contributed by atoms with van der Waals surface area (Å²) < 4.78 is 0. The third kappa shape index (κ3) is 2.65. The van der Waals surface area contributed by atoms with Crippen LogP contribution in [-0.2, 0) is 0 Å². The minimum atomic E-state index is 0.140. The molecule has 1 aromatic carbocycles. The molecule has 0 spiro atoms. The van der Waals surface area contributed by atoms with Crippen molar-refractivity contribution in [2.24, 2.45) is 0 Å². The van der Waals surface area contributed by atoms with E-state index < -0.39 is 0 Å². The van der Waals surface area contributed by atoms with Gasteiger partial charge in [-0.25, -0.2) is 0 Å². The largest absolute Gasteiger partial charge is 0.369 e. The maximum Gasteiger partial charge on any atom is 0.159 e. The molecule has 0 unspecified atom stereocenters. The minimum Gasteiger partial charge on any atom is -0.369 e. The van der Waals surface area contributed by atoms with Gasteiger partial charge in [0.2, 0.25) is 0 Å². The molecular weight excluding hydrogens is 238 g/mol. The third-order valence-electron chi connectivity index (χ3n) is 4.21.